The van der Waals surface area contributed by atoms with E-state index in [1.165, 1.54) is 38.6 Å². The van der Waals surface area contributed by atoms with Crippen molar-refractivity contribution in [3.05, 3.63) is 224 Å². The van der Waals surface area contributed by atoms with Gasteiger partial charge in [0.2, 0.25) is 0 Å². The van der Waals surface area contributed by atoms with E-state index in [4.69, 9.17) is 15.0 Å². The minimum atomic E-state index is -0.216. The molecule has 6 aromatic carbocycles. The number of benzene rings is 6. The van der Waals surface area contributed by atoms with Gasteiger partial charge in [0, 0.05) is 33.9 Å². The lowest BCUT2D eigenvalue weighted by Gasteiger charge is -2.27. The maximum atomic E-state index is 5.34. The summed E-state index contributed by atoms with van der Waals surface area (Å²) in [6.07, 6.45) is 22.0. The molecule has 0 radical (unpaired) electrons. The third kappa shape index (κ3) is 7.85. The molecular formula is C56H47N3. The number of hydrogen-bond donors (Lipinski definition) is 0. The Morgan fingerprint density at radius 3 is 2.00 bits per heavy atom. The van der Waals surface area contributed by atoms with Crippen LogP contribution in [0.1, 0.15) is 43.4 Å². The van der Waals surface area contributed by atoms with Gasteiger partial charge in [0.25, 0.3) is 0 Å². The minimum absolute atomic E-state index is 0.0349. The van der Waals surface area contributed by atoms with Gasteiger partial charge in [-0.25, -0.2) is 9.97 Å². The van der Waals surface area contributed by atoms with Gasteiger partial charge in [0.05, 0.1) is 22.8 Å². The maximum absolute atomic E-state index is 5.34. The van der Waals surface area contributed by atoms with Crippen LogP contribution in [-0.4, -0.2) is 15.7 Å². The fourth-order valence-corrected chi connectivity index (χ4v) is 8.39. The second-order valence-corrected chi connectivity index (χ2v) is 16.2. The van der Waals surface area contributed by atoms with Crippen LogP contribution in [0.15, 0.2) is 212 Å². The van der Waals surface area contributed by atoms with Crippen molar-refractivity contribution in [3.63, 3.8) is 0 Å². The zero-order valence-electron chi connectivity index (χ0n) is 33.7. The van der Waals surface area contributed by atoms with Gasteiger partial charge in [-0.3, -0.25) is 4.99 Å². The van der Waals surface area contributed by atoms with Crippen LogP contribution in [-0.2, 0) is 11.8 Å². The van der Waals surface area contributed by atoms with Crippen molar-refractivity contribution in [3.8, 4) is 45.0 Å². The summed E-state index contributed by atoms with van der Waals surface area (Å²) in [5, 5.41) is 2.40. The number of aromatic nitrogens is 2. The Morgan fingerprint density at radius 2 is 1.27 bits per heavy atom. The molecular weight excluding hydrogens is 715 g/mol. The monoisotopic (exact) mass is 761 g/mol. The van der Waals surface area contributed by atoms with Crippen LogP contribution >= 0.6 is 0 Å². The van der Waals surface area contributed by atoms with Crippen LogP contribution < -0.4 is 0 Å². The van der Waals surface area contributed by atoms with Crippen molar-refractivity contribution < 1.29 is 0 Å². The Hall–Kier alpha value is -6.97. The SMILES string of the molecule is C=C/C(=N\c1ccc2ccccc2c1Cc1cccc(-c2cc(-c3ccc(-c4ccccc4)cc3)nc(-c3ccc(C4(C)C=CC=CC4)cc3)n2)c1)C1(C)C=CC=CC1. The van der Waals surface area contributed by atoms with E-state index in [1.807, 2.05) is 12.1 Å². The summed E-state index contributed by atoms with van der Waals surface area (Å²) in [5.74, 6) is 0.702. The number of rotatable bonds is 10. The number of nitrogens with zero attached hydrogens (tertiary/aromatic N) is 3. The predicted molar refractivity (Wildman–Crippen MR) is 249 cm³/mol. The molecule has 0 saturated carbocycles. The van der Waals surface area contributed by atoms with E-state index in [1.54, 1.807) is 0 Å². The first-order valence-corrected chi connectivity index (χ1v) is 20.5. The van der Waals surface area contributed by atoms with Gasteiger partial charge in [-0.2, -0.15) is 0 Å². The zero-order valence-corrected chi connectivity index (χ0v) is 33.7. The molecule has 2 aliphatic carbocycles. The standard InChI is InChI=1S/C56H47N3/c1-4-53(56(3)35-14-7-15-36-56)57-50-32-29-43-20-10-11-22-48(43)49(50)38-40-17-16-21-46(37-40)52-39-51(44-25-23-42(24-26-44)41-18-8-5-9-19-41)58-54(59-52)45-27-30-47(31-28-45)55(2)33-12-6-13-34-55/h4-33,35,37,39H,1,34,36,38H2,2-3H3/b57-53+. The quantitative estimate of drug-likeness (QED) is 0.130. The van der Waals surface area contributed by atoms with Gasteiger partial charge in [-0.15, -0.1) is 0 Å². The predicted octanol–water partition coefficient (Wildman–Crippen LogP) is 14.4. The maximum Gasteiger partial charge on any atom is 0.160 e. The molecule has 1 aromatic heterocycles. The third-order valence-electron chi connectivity index (χ3n) is 12.0. The van der Waals surface area contributed by atoms with Gasteiger partial charge < -0.3 is 0 Å². The van der Waals surface area contributed by atoms with Gasteiger partial charge in [-0.05, 0) is 75.7 Å². The molecule has 0 fully saturated rings. The van der Waals surface area contributed by atoms with Crippen LogP contribution in [0.5, 0.6) is 0 Å². The molecule has 286 valence electrons. The van der Waals surface area contributed by atoms with Crippen LogP contribution in [0.2, 0.25) is 0 Å². The number of hydrogen-bond acceptors (Lipinski definition) is 3. The molecule has 0 spiro atoms. The molecule has 2 unspecified atom stereocenters. The minimum Gasteiger partial charge on any atom is -0.252 e. The summed E-state index contributed by atoms with van der Waals surface area (Å²) in [4.78, 5) is 15.8. The van der Waals surface area contributed by atoms with E-state index < -0.39 is 0 Å². The largest absolute Gasteiger partial charge is 0.252 e. The average Bonchev–Trinajstić information content (AvgIpc) is 3.29. The van der Waals surface area contributed by atoms with Crippen LogP contribution in [0.4, 0.5) is 5.69 Å². The van der Waals surface area contributed by atoms with Crippen LogP contribution in [0.3, 0.4) is 0 Å². The highest BCUT2D eigenvalue weighted by Gasteiger charge is 2.27. The highest BCUT2D eigenvalue weighted by Crippen LogP contribution is 2.37. The van der Waals surface area contributed by atoms with Crippen molar-refractivity contribution in [2.75, 3.05) is 0 Å². The van der Waals surface area contributed by atoms with E-state index in [-0.39, 0.29) is 10.8 Å². The van der Waals surface area contributed by atoms with Gasteiger partial charge in [0.1, 0.15) is 0 Å². The molecule has 9 rings (SSSR count). The highest BCUT2D eigenvalue weighted by atomic mass is 14.9. The number of fused-ring (bicyclic) bond motifs is 1. The fraction of sp³-hybridized carbons (Fsp3) is 0.125. The summed E-state index contributed by atoms with van der Waals surface area (Å²) in [7, 11) is 0. The van der Waals surface area contributed by atoms with Gasteiger partial charge >= 0.3 is 0 Å². The van der Waals surface area contributed by atoms with E-state index >= 15 is 0 Å². The Bertz CT molecular complexity index is 2820. The van der Waals surface area contributed by atoms with Crippen molar-refractivity contribution in [2.24, 2.45) is 10.4 Å². The Labute approximate surface area is 348 Å². The normalized spacial score (nSPS) is 18.6. The molecule has 0 amide bonds. The molecule has 0 saturated heterocycles. The van der Waals surface area contributed by atoms with Gasteiger partial charge in [0.15, 0.2) is 5.82 Å². The first kappa shape index (κ1) is 37.6. The second kappa shape index (κ2) is 16.1. The lowest BCUT2D eigenvalue weighted by Crippen LogP contribution is -2.24. The average molecular weight is 762 g/mol. The first-order valence-electron chi connectivity index (χ1n) is 20.5. The molecule has 59 heavy (non-hydrogen) atoms. The molecule has 2 aliphatic rings. The molecule has 0 N–H and O–H groups in total. The van der Waals surface area contributed by atoms with E-state index in [2.05, 4.69) is 209 Å². The summed E-state index contributed by atoms with van der Waals surface area (Å²) >= 11 is 0. The smallest absolute Gasteiger partial charge is 0.160 e. The summed E-state index contributed by atoms with van der Waals surface area (Å²) < 4.78 is 0. The van der Waals surface area contributed by atoms with E-state index in [9.17, 15) is 0 Å². The third-order valence-corrected chi connectivity index (χ3v) is 12.0. The summed E-state index contributed by atoms with van der Waals surface area (Å²) in [5.41, 5.74) is 12.5. The lowest BCUT2D eigenvalue weighted by molar-refractivity contribution is 0.600. The van der Waals surface area contributed by atoms with Crippen molar-refractivity contribution in [1.82, 2.24) is 9.97 Å². The molecule has 2 atom stereocenters. The summed E-state index contributed by atoms with van der Waals surface area (Å²) in [6.45, 7) is 8.73. The molecule has 7 aromatic rings. The highest BCUT2D eigenvalue weighted by molar-refractivity contribution is 6.03. The molecule has 3 heteroatoms. The summed E-state index contributed by atoms with van der Waals surface area (Å²) in [6, 6.07) is 51.9. The van der Waals surface area contributed by atoms with Gasteiger partial charge in [-0.1, -0.05) is 196 Å². The second-order valence-electron chi connectivity index (χ2n) is 16.2. The Kier molecular flexibility index (Phi) is 10.3. The van der Waals surface area contributed by atoms with Crippen LogP contribution in [0.25, 0.3) is 55.8 Å². The molecule has 0 bridgehead atoms. The number of aliphatic imine (C=N–C) groups is 1. The zero-order chi connectivity index (χ0) is 40.2. The van der Waals surface area contributed by atoms with Crippen LogP contribution in [0, 0.1) is 5.41 Å². The van der Waals surface area contributed by atoms with Crippen molar-refractivity contribution >= 4 is 22.2 Å². The topological polar surface area (TPSA) is 38.1 Å². The lowest BCUT2D eigenvalue weighted by atomic mass is 9.77. The fourth-order valence-electron chi connectivity index (χ4n) is 8.39. The van der Waals surface area contributed by atoms with E-state index in [0.29, 0.717) is 12.2 Å². The molecule has 0 aliphatic heterocycles. The first-order chi connectivity index (χ1) is 28.9. The Morgan fingerprint density at radius 1 is 0.610 bits per heavy atom. The van der Waals surface area contributed by atoms with Crippen molar-refractivity contribution in [2.45, 2.75) is 38.5 Å². The molecule has 1 heterocycles. The molecule has 3 nitrogen and oxygen atoms in total. The van der Waals surface area contributed by atoms with E-state index in [0.717, 1.165) is 52.3 Å². The number of allylic oxidation sites excluding steroid dienone is 9. The van der Waals surface area contributed by atoms with Crippen molar-refractivity contribution in [1.29, 1.82) is 0 Å². The Balaban J connectivity index is 1.12.